The van der Waals surface area contributed by atoms with Crippen LogP contribution in [-0.2, 0) is 0 Å². The molecule has 1 aliphatic carbocycles. The maximum Gasteiger partial charge on any atom is 0.213 e. The lowest BCUT2D eigenvalue weighted by atomic mass is 10.2. The molecule has 3 heterocycles. The van der Waals surface area contributed by atoms with Crippen LogP contribution in [0.25, 0.3) is 10.9 Å². The molecule has 0 N–H and O–H groups in total. The van der Waals surface area contributed by atoms with Crippen molar-refractivity contribution in [3.05, 3.63) is 42.4 Å². The van der Waals surface area contributed by atoms with Gasteiger partial charge in [0.2, 0.25) is 5.88 Å². The van der Waals surface area contributed by atoms with Gasteiger partial charge in [0.15, 0.2) is 0 Å². The molecule has 1 aromatic carbocycles. The number of aromatic nitrogens is 3. The highest BCUT2D eigenvalue weighted by molar-refractivity contribution is 5.90. The molecule has 5 rings (SSSR count). The first-order chi connectivity index (χ1) is 14.3. The maximum absolute atomic E-state index is 5.55. The molecule has 150 valence electrons. The van der Waals surface area contributed by atoms with Gasteiger partial charge in [0.05, 0.1) is 31.6 Å². The lowest BCUT2D eigenvalue weighted by Crippen LogP contribution is -2.47. The highest BCUT2D eigenvalue weighted by Crippen LogP contribution is 2.40. The third-order valence-corrected chi connectivity index (χ3v) is 5.71. The number of hydrogen-bond acceptors (Lipinski definition) is 7. The fraction of sp³-hybridized carbons (Fsp3) is 0.409. The van der Waals surface area contributed by atoms with E-state index in [0.29, 0.717) is 11.8 Å². The molecule has 7 heteroatoms. The predicted octanol–water partition coefficient (Wildman–Crippen LogP) is 3.25. The van der Waals surface area contributed by atoms with E-state index in [2.05, 4.69) is 26.9 Å². The van der Waals surface area contributed by atoms with E-state index in [-0.39, 0.29) is 0 Å². The number of benzene rings is 1. The molecule has 0 unspecified atom stereocenters. The summed E-state index contributed by atoms with van der Waals surface area (Å²) in [5.41, 5.74) is 2.04. The van der Waals surface area contributed by atoms with E-state index in [1.165, 1.54) is 12.8 Å². The Morgan fingerprint density at radius 1 is 0.931 bits per heavy atom. The van der Waals surface area contributed by atoms with Gasteiger partial charge in [0, 0.05) is 43.5 Å². The van der Waals surface area contributed by atoms with E-state index < -0.39 is 0 Å². The number of hydrogen-bond donors (Lipinski definition) is 0. The van der Waals surface area contributed by atoms with Gasteiger partial charge in [-0.3, -0.25) is 0 Å². The monoisotopic (exact) mass is 391 g/mol. The minimum absolute atomic E-state index is 0.495. The van der Waals surface area contributed by atoms with Crippen LogP contribution in [0.1, 0.15) is 24.6 Å². The largest absolute Gasteiger partial charge is 0.495 e. The van der Waals surface area contributed by atoms with Gasteiger partial charge in [-0.1, -0.05) is 12.1 Å². The highest BCUT2D eigenvalue weighted by Gasteiger charge is 2.29. The molecule has 1 aliphatic heterocycles. The third-order valence-electron chi connectivity index (χ3n) is 5.71. The molecule has 0 atom stereocenters. The van der Waals surface area contributed by atoms with Crippen LogP contribution < -0.4 is 19.3 Å². The van der Waals surface area contributed by atoms with Crippen molar-refractivity contribution >= 4 is 22.4 Å². The van der Waals surface area contributed by atoms with Gasteiger partial charge in [-0.25, -0.2) is 15.0 Å². The number of para-hydroxylation sites is 2. The van der Waals surface area contributed by atoms with Crippen molar-refractivity contribution in [2.75, 3.05) is 50.2 Å². The topological polar surface area (TPSA) is 63.6 Å². The first-order valence-corrected chi connectivity index (χ1v) is 10.1. The van der Waals surface area contributed by atoms with Gasteiger partial charge in [0.25, 0.3) is 0 Å². The van der Waals surface area contributed by atoms with Crippen molar-refractivity contribution in [3.63, 3.8) is 0 Å². The van der Waals surface area contributed by atoms with Gasteiger partial charge in [-0.2, -0.15) is 0 Å². The van der Waals surface area contributed by atoms with Crippen molar-refractivity contribution in [1.29, 1.82) is 0 Å². The van der Waals surface area contributed by atoms with Crippen molar-refractivity contribution < 1.29 is 9.47 Å². The van der Waals surface area contributed by atoms with Gasteiger partial charge in [0.1, 0.15) is 17.4 Å². The normalized spacial score (nSPS) is 16.9. The van der Waals surface area contributed by atoms with Gasteiger partial charge in [-0.05, 0) is 25.0 Å². The summed E-state index contributed by atoms with van der Waals surface area (Å²) in [7, 11) is 3.36. The molecule has 29 heavy (non-hydrogen) atoms. The predicted molar refractivity (Wildman–Crippen MR) is 113 cm³/mol. The van der Waals surface area contributed by atoms with Crippen molar-refractivity contribution in [2.24, 2.45) is 0 Å². The second-order valence-corrected chi connectivity index (χ2v) is 7.57. The molecule has 0 amide bonds. The number of anilines is 2. The Morgan fingerprint density at radius 3 is 2.41 bits per heavy atom. The van der Waals surface area contributed by atoms with E-state index in [1.807, 2.05) is 18.2 Å². The standard InChI is InChI=1S/C22H25N5O2/c1-28-19-6-4-3-5-18(19)26-9-11-27(12-10-26)22-16-13-20(29-2)23-14-17(16)24-21(25-22)15-7-8-15/h3-6,13-15H,7-12H2,1-2H3. The molecule has 2 aromatic heterocycles. The summed E-state index contributed by atoms with van der Waals surface area (Å²) in [6, 6.07) is 10.2. The van der Waals surface area contributed by atoms with Crippen LogP contribution in [0.2, 0.25) is 0 Å². The maximum atomic E-state index is 5.55. The minimum Gasteiger partial charge on any atom is -0.495 e. The smallest absolute Gasteiger partial charge is 0.213 e. The summed E-state index contributed by atoms with van der Waals surface area (Å²) in [5, 5.41) is 1.01. The van der Waals surface area contributed by atoms with Crippen LogP contribution >= 0.6 is 0 Å². The fourth-order valence-corrected chi connectivity index (χ4v) is 3.94. The molecule has 3 aromatic rings. The van der Waals surface area contributed by atoms with E-state index in [9.17, 15) is 0 Å². The molecular formula is C22H25N5O2. The number of piperazine rings is 1. The van der Waals surface area contributed by atoms with Gasteiger partial charge >= 0.3 is 0 Å². The van der Waals surface area contributed by atoms with E-state index in [1.54, 1.807) is 20.4 Å². The average molecular weight is 391 g/mol. The highest BCUT2D eigenvalue weighted by atomic mass is 16.5. The van der Waals surface area contributed by atoms with Crippen molar-refractivity contribution in [3.8, 4) is 11.6 Å². The second kappa shape index (κ2) is 7.39. The molecule has 0 bridgehead atoms. The Bertz CT molecular complexity index is 1030. The Morgan fingerprint density at radius 2 is 1.69 bits per heavy atom. The number of ether oxygens (including phenoxy) is 2. The zero-order chi connectivity index (χ0) is 19.8. The average Bonchev–Trinajstić information content (AvgIpc) is 3.63. The lowest BCUT2D eigenvalue weighted by molar-refractivity contribution is 0.398. The number of methoxy groups -OCH3 is 2. The number of rotatable bonds is 5. The summed E-state index contributed by atoms with van der Waals surface area (Å²) in [5.74, 6) is 3.95. The van der Waals surface area contributed by atoms with Gasteiger partial charge in [-0.15, -0.1) is 0 Å². The molecule has 7 nitrogen and oxygen atoms in total. The zero-order valence-electron chi connectivity index (χ0n) is 16.8. The fourth-order valence-electron chi connectivity index (χ4n) is 3.94. The zero-order valence-corrected chi connectivity index (χ0v) is 16.8. The number of nitrogens with zero attached hydrogens (tertiary/aromatic N) is 5. The minimum atomic E-state index is 0.495. The van der Waals surface area contributed by atoms with Crippen LogP contribution in [0.3, 0.4) is 0 Å². The number of fused-ring (bicyclic) bond motifs is 1. The molecule has 0 spiro atoms. The van der Waals surface area contributed by atoms with E-state index in [4.69, 9.17) is 19.4 Å². The summed E-state index contributed by atoms with van der Waals surface area (Å²) in [4.78, 5) is 18.8. The van der Waals surface area contributed by atoms with Crippen LogP contribution in [0, 0.1) is 0 Å². The van der Waals surface area contributed by atoms with Crippen LogP contribution in [0.5, 0.6) is 11.6 Å². The third kappa shape index (κ3) is 3.41. The summed E-state index contributed by atoms with van der Waals surface area (Å²) < 4.78 is 10.9. The van der Waals surface area contributed by atoms with Crippen molar-refractivity contribution in [2.45, 2.75) is 18.8 Å². The summed E-state index contributed by atoms with van der Waals surface area (Å²) in [6.45, 7) is 3.59. The van der Waals surface area contributed by atoms with Crippen molar-refractivity contribution in [1.82, 2.24) is 15.0 Å². The Kier molecular flexibility index (Phi) is 4.58. The van der Waals surface area contributed by atoms with E-state index >= 15 is 0 Å². The summed E-state index contributed by atoms with van der Waals surface area (Å²) >= 11 is 0. The Balaban J connectivity index is 1.45. The Labute approximate surface area is 170 Å². The quantitative estimate of drug-likeness (QED) is 0.661. The first-order valence-electron chi connectivity index (χ1n) is 10.1. The molecular weight excluding hydrogens is 366 g/mol. The van der Waals surface area contributed by atoms with Gasteiger partial charge < -0.3 is 19.3 Å². The molecule has 1 saturated carbocycles. The van der Waals surface area contributed by atoms with Crippen LogP contribution in [0.15, 0.2) is 36.5 Å². The second-order valence-electron chi connectivity index (χ2n) is 7.57. The molecule has 1 saturated heterocycles. The molecule has 2 aliphatic rings. The van der Waals surface area contributed by atoms with Crippen LogP contribution in [0.4, 0.5) is 11.5 Å². The Hall–Kier alpha value is -3.09. The van der Waals surface area contributed by atoms with Crippen LogP contribution in [-0.4, -0.2) is 55.4 Å². The summed E-state index contributed by atoms with van der Waals surface area (Å²) in [6.07, 6.45) is 4.16. The number of pyridine rings is 1. The molecule has 2 fully saturated rings. The lowest BCUT2D eigenvalue weighted by Gasteiger charge is -2.37. The first kappa shape index (κ1) is 18.0. The molecule has 0 radical (unpaired) electrons. The SMILES string of the molecule is COc1cc2c(N3CCN(c4ccccc4OC)CC3)nc(C3CC3)nc2cn1. The van der Waals surface area contributed by atoms with E-state index in [0.717, 1.165) is 60.2 Å².